The Labute approximate surface area is 206 Å². The Morgan fingerprint density at radius 1 is 1.23 bits per heavy atom. The summed E-state index contributed by atoms with van der Waals surface area (Å²) in [6.45, 7) is 5.10. The van der Waals surface area contributed by atoms with Crippen molar-refractivity contribution < 1.29 is 17.9 Å². The summed E-state index contributed by atoms with van der Waals surface area (Å²) in [5.74, 6) is 0.402. The standard InChI is InChI=1S/C26H32N4O4S/c1-16-5-9-20(10-6-16)30-25(26(31)27-3)22-13-21(18-7-8-18)24(14-23(22)28-30)29(35(4,32)33)12-11-19-15-34-17(19)2/h5-6,9-10,13-14,17-19H,7-8,11-12,15H2,1-4H3,(H,27,31)/t17-,19+/m0/s1. The van der Waals surface area contributed by atoms with E-state index in [1.807, 2.05) is 50.2 Å². The van der Waals surface area contributed by atoms with Gasteiger partial charge in [-0.3, -0.25) is 9.10 Å². The highest BCUT2D eigenvalue weighted by Crippen LogP contribution is 2.47. The van der Waals surface area contributed by atoms with Crippen molar-refractivity contribution in [1.82, 2.24) is 15.1 Å². The molecule has 8 nitrogen and oxygen atoms in total. The Hall–Kier alpha value is -2.91. The van der Waals surface area contributed by atoms with E-state index in [2.05, 4.69) is 5.32 Å². The zero-order valence-electron chi connectivity index (χ0n) is 20.6. The van der Waals surface area contributed by atoms with Crippen LogP contribution in [-0.4, -0.2) is 56.7 Å². The van der Waals surface area contributed by atoms with Crippen LogP contribution >= 0.6 is 0 Å². The first-order valence-electron chi connectivity index (χ1n) is 12.1. The largest absolute Gasteiger partial charge is 0.378 e. The number of benzene rings is 2. The van der Waals surface area contributed by atoms with Crippen molar-refractivity contribution in [2.45, 2.75) is 45.1 Å². The van der Waals surface area contributed by atoms with Crippen molar-refractivity contribution in [2.24, 2.45) is 5.92 Å². The van der Waals surface area contributed by atoms with Crippen LogP contribution in [0.25, 0.3) is 16.6 Å². The summed E-state index contributed by atoms with van der Waals surface area (Å²) in [7, 11) is -1.91. The molecule has 35 heavy (non-hydrogen) atoms. The topological polar surface area (TPSA) is 93.5 Å². The van der Waals surface area contributed by atoms with E-state index in [9.17, 15) is 13.2 Å². The van der Waals surface area contributed by atoms with Gasteiger partial charge in [0.25, 0.3) is 5.91 Å². The minimum Gasteiger partial charge on any atom is -0.378 e. The average molecular weight is 497 g/mol. The van der Waals surface area contributed by atoms with Crippen LogP contribution in [0.5, 0.6) is 0 Å². The molecule has 0 radical (unpaired) electrons. The molecule has 0 bridgehead atoms. The smallest absolute Gasteiger partial charge is 0.270 e. The van der Waals surface area contributed by atoms with E-state index >= 15 is 0 Å². The van der Waals surface area contributed by atoms with Gasteiger partial charge in [0.1, 0.15) is 5.69 Å². The molecular weight excluding hydrogens is 464 g/mol. The van der Waals surface area contributed by atoms with Crippen LogP contribution in [0.2, 0.25) is 0 Å². The highest BCUT2D eigenvalue weighted by Gasteiger charge is 2.34. The van der Waals surface area contributed by atoms with E-state index in [4.69, 9.17) is 9.84 Å². The van der Waals surface area contributed by atoms with E-state index in [1.165, 1.54) is 10.6 Å². The molecule has 0 unspecified atom stereocenters. The fourth-order valence-electron chi connectivity index (χ4n) is 4.78. The minimum atomic E-state index is -3.51. The third kappa shape index (κ3) is 4.54. The van der Waals surface area contributed by atoms with Gasteiger partial charge in [0.05, 0.1) is 35.9 Å². The SMILES string of the molecule is CNC(=O)c1c2cc(C3CC3)c(N(CC[C@@H]3CO[C@H]3C)S(C)(=O)=O)cc2nn1-c1ccc(C)cc1. The molecule has 1 amide bonds. The van der Waals surface area contributed by atoms with Crippen LogP contribution in [0.15, 0.2) is 36.4 Å². The molecule has 3 aromatic rings. The molecule has 1 aliphatic heterocycles. The second-order valence-electron chi connectivity index (χ2n) is 9.80. The Bertz CT molecular complexity index is 1380. The minimum absolute atomic E-state index is 0.155. The number of fused-ring (bicyclic) bond motifs is 1. The molecule has 1 saturated carbocycles. The Morgan fingerprint density at radius 2 is 1.94 bits per heavy atom. The van der Waals surface area contributed by atoms with Crippen LogP contribution in [0.1, 0.15) is 53.7 Å². The van der Waals surface area contributed by atoms with Gasteiger partial charge in [-0.25, -0.2) is 13.1 Å². The molecule has 9 heteroatoms. The van der Waals surface area contributed by atoms with Crippen molar-refractivity contribution in [3.63, 3.8) is 0 Å². The van der Waals surface area contributed by atoms with Crippen LogP contribution in [0.3, 0.4) is 0 Å². The lowest BCUT2D eigenvalue weighted by atomic mass is 9.95. The van der Waals surface area contributed by atoms with E-state index in [0.717, 1.165) is 41.5 Å². The lowest BCUT2D eigenvalue weighted by molar-refractivity contribution is -0.104. The van der Waals surface area contributed by atoms with E-state index < -0.39 is 10.0 Å². The molecule has 5 rings (SSSR count). The fourth-order valence-corrected chi connectivity index (χ4v) is 5.73. The van der Waals surface area contributed by atoms with Crippen LogP contribution in [0, 0.1) is 12.8 Å². The van der Waals surface area contributed by atoms with E-state index in [0.29, 0.717) is 36.0 Å². The highest BCUT2D eigenvalue weighted by molar-refractivity contribution is 7.92. The number of aromatic nitrogens is 2. The normalized spacial score (nSPS) is 20.0. The number of rotatable bonds is 8. The second-order valence-corrected chi connectivity index (χ2v) is 11.7. The van der Waals surface area contributed by atoms with Gasteiger partial charge in [0, 0.05) is 24.9 Å². The van der Waals surface area contributed by atoms with Crippen molar-refractivity contribution in [3.8, 4) is 5.69 Å². The monoisotopic (exact) mass is 496 g/mol. The summed E-state index contributed by atoms with van der Waals surface area (Å²) in [6, 6.07) is 11.7. The second kappa shape index (κ2) is 8.95. The van der Waals surface area contributed by atoms with E-state index in [1.54, 1.807) is 11.7 Å². The first kappa shape index (κ1) is 23.8. The maximum atomic E-state index is 13.0. The number of nitrogens with zero attached hydrogens (tertiary/aromatic N) is 3. The maximum Gasteiger partial charge on any atom is 0.270 e. The van der Waals surface area contributed by atoms with Crippen LogP contribution in [-0.2, 0) is 14.8 Å². The molecule has 1 saturated heterocycles. The summed E-state index contributed by atoms with van der Waals surface area (Å²) in [4.78, 5) is 13.0. The molecule has 1 aromatic heterocycles. The Morgan fingerprint density at radius 3 is 2.49 bits per heavy atom. The quantitative estimate of drug-likeness (QED) is 0.513. The number of anilines is 1. The molecule has 2 heterocycles. The number of sulfonamides is 1. The molecule has 1 aliphatic carbocycles. The van der Waals surface area contributed by atoms with Gasteiger partial charge in [0.2, 0.25) is 10.0 Å². The lowest BCUT2D eigenvalue weighted by Crippen LogP contribution is -2.41. The number of amides is 1. The summed E-state index contributed by atoms with van der Waals surface area (Å²) >= 11 is 0. The van der Waals surface area contributed by atoms with Crippen molar-refractivity contribution in [2.75, 3.05) is 30.8 Å². The molecule has 186 valence electrons. The first-order chi connectivity index (χ1) is 16.7. The summed E-state index contributed by atoms with van der Waals surface area (Å²) < 4.78 is 34.6. The average Bonchev–Trinajstić information content (AvgIpc) is 3.59. The van der Waals surface area contributed by atoms with Gasteiger partial charge in [-0.05, 0) is 68.9 Å². The molecule has 0 spiro atoms. The van der Waals surface area contributed by atoms with Crippen LogP contribution < -0.4 is 9.62 Å². The highest BCUT2D eigenvalue weighted by atomic mass is 32.2. The van der Waals surface area contributed by atoms with Gasteiger partial charge < -0.3 is 10.1 Å². The number of hydrogen-bond donors (Lipinski definition) is 1. The molecule has 2 fully saturated rings. The molecule has 2 aliphatic rings. The van der Waals surface area contributed by atoms with Gasteiger partial charge in [-0.1, -0.05) is 17.7 Å². The van der Waals surface area contributed by atoms with Gasteiger partial charge in [0.15, 0.2) is 0 Å². The predicted molar refractivity (Wildman–Crippen MR) is 137 cm³/mol. The van der Waals surface area contributed by atoms with Gasteiger partial charge >= 0.3 is 0 Å². The third-order valence-corrected chi connectivity index (χ3v) is 8.35. The third-order valence-electron chi connectivity index (χ3n) is 7.17. The van der Waals surface area contributed by atoms with Crippen molar-refractivity contribution >= 4 is 32.5 Å². The number of ether oxygens (including phenoxy) is 1. The Balaban J connectivity index is 1.66. The van der Waals surface area contributed by atoms with Gasteiger partial charge in [-0.15, -0.1) is 0 Å². The molecule has 2 atom stereocenters. The number of carbonyl (C=O) groups is 1. The summed E-state index contributed by atoms with van der Waals surface area (Å²) in [5, 5.41) is 8.24. The predicted octanol–water partition coefficient (Wildman–Crippen LogP) is 3.76. The van der Waals surface area contributed by atoms with E-state index in [-0.39, 0.29) is 17.9 Å². The number of aryl methyl sites for hydroxylation is 1. The van der Waals surface area contributed by atoms with Gasteiger partial charge in [-0.2, -0.15) is 5.10 Å². The summed E-state index contributed by atoms with van der Waals surface area (Å²) in [5.41, 5.74) is 4.57. The van der Waals surface area contributed by atoms with Crippen LogP contribution in [0.4, 0.5) is 5.69 Å². The number of nitrogens with one attached hydrogen (secondary N) is 1. The fraction of sp³-hybridized carbons (Fsp3) is 0.462. The lowest BCUT2D eigenvalue weighted by Gasteiger charge is -2.36. The molecular formula is C26H32N4O4S. The molecule has 2 aromatic carbocycles. The number of hydrogen-bond acceptors (Lipinski definition) is 5. The Kier molecular flexibility index (Phi) is 6.09. The first-order valence-corrected chi connectivity index (χ1v) is 14.0. The zero-order chi connectivity index (χ0) is 24.9. The summed E-state index contributed by atoms with van der Waals surface area (Å²) in [6.07, 6.45) is 4.16. The van der Waals surface area contributed by atoms with Crippen molar-refractivity contribution in [3.05, 3.63) is 53.2 Å². The van der Waals surface area contributed by atoms with Crippen molar-refractivity contribution in [1.29, 1.82) is 0 Å². The maximum absolute atomic E-state index is 13.0. The molecule has 1 N–H and O–H groups in total. The zero-order valence-corrected chi connectivity index (χ0v) is 21.4. The number of carbonyl (C=O) groups excluding carboxylic acids is 1.